The van der Waals surface area contributed by atoms with Crippen molar-refractivity contribution in [3.05, 3.63) is 0 Å². The van der Waals surface area contributed by atoms with Gasteiger partial charge in [-0.2, -0.15) is 0 Å². The standard InChI is InChI=1S/C10H24O2Si/c1-7-8-9(11)12-13(5,6)10(2,3)4/h9,11H,7-8H2,1-6H3/t9-/m1/s1. The minimum absolute atomic E-state index is 0.182. The summed E-state index contributed by atoms with van der Waals surface area (Å²) in [5.74, 6) is 0. The quantitative estimate of drug-likeness (QED) is 0.563. The Balaban J connectivity index is 4.17. The maximum atomic E-state index is 9.56. The fourth-order valence-electron chi connectivity index (χ4n) is 0.823. The van der Waals surface area contributed by atoms with Crippen LogP contribution in [-0.4, -0.2) is 19.7 Å². The minimum atomic E-state index is -1.76. The number of rotatable bonds is 4. The van der Waals surface area contributed by atoms with Gasteiger partial charge in [0.25, 0.3) is 0 Å². The van der Waals surface area contributed by atoms with Crippen LogP contribution >= 0.6 is 0 Å². The second kappa shape index (κ2) is 4.58. The molecule has 2 nitrogen and oxygen atoms in total. The zero-order chi connectivity index (χ0) is 10.7. The predicted octanol–water partition coefficient (Wildman–Crippen LogP) is 3.13. The highest BCUT2D eigenvalue weighted by atomic mass is 28.4. The van der Waals surface area contributed by atoms with Crippen LogP contribution in [0.25, 0.3) is 0 Å². The van der Waals surface area contributed by atoms with Crippen molar-refractivity contribution in [3.63, 3.8) is 0 Å². The topological polar surface area (TPSA) is 29.5 Å². The lowest BCUT2D eigenvalue weighted by Crippen LogP contribution is -2.43. The van der Waals surface area contributed by atoms with E-state index in [-0.39, 0.29) is 5.04 Å². The van der Waals surface area contributed by atoms with Gasteiger partial charge < -0.3 is 9.53 Å². The van der Waals surface area contributed by atoms with Crippen molar-refractivity contribution in [2.45, 2.75) is 65.0 Å². The van der Waals surface area contributed by atoms with Crippen LogP contribution in [-0.2, 0) is 4.43 Å². The predicted molar refractivity (Wildman–Crippen MR) is 59.2 cm³/mol. The molecule has 0 amide bonds. The molecule has 0 aliphatic rings. The van der Waals surface area contributed by atoms with Crippen molar-refractivity contribution in [2.24, 2.45) is 0 Å². The summed E-state index contributed by atoms with van der Waals surface area (Å²) in [6.07, 6.45) is 1.15. The molecule has 80 valence electrons. The molecule has 0 bridgehead atoms. The zero-order valence-corrected chi connectivity index (χ0v) is 10.8. The summed E-state index contributed by atoms with van der Waals surface area (Å²) in [5, 5.41) is 9.74. The molecule has 0 spiro atoms. The first-order valence-corrected chi connectivity index (χ1v) is 7.97. The van der Waals surface area contributed by atoms with E-state index in [1.807, 2.05) is 0 Å². The third kappa shape index (κ3) is 4.25. The Hall–Kier alpha value is 0.137. The van der Waals surface area contributed by atoms with Gasteiger partial charge in [-0.05, 0) is 24.6 Å². The van der Waals surface area contributed by atoms with E-state index in [0.717, 1.165) is 12.8 Å². The van der Waals surface area contributed by atoms with Gasteiger partial charge in [0.2, 0.25) is 0 Å². The van der Waals surface area contributed by atoms with Gasteiger partial charge in [0.1, 0.15) is 6.29 Å². The molecular formula is C10H24O2Si. The average Bonchev–Trinajstić information content (AvgIpc) is 1.83. The van der Waals surface area contributed by atoms with Gasteiger partial charge in [0.05, 0.1) is 0 Å². The molecule has 0 fully saturated rings. The van der Waals surface area contributed by atoms with Crippen LogP contribution in [0, 0.1) is 0 Å². The number of aliphatic hydroxyl groups is 1. The molecule has 0 rings (SSSR count). The van der Waals surface area contributed by atoms with Crippen molar-refractivity contribution >= 4 is 8.32 Å². The van der Waals surface area contributed by atoms with Gasteiger partial charge >= 0.3 is 0 Å². The van der Waals surface area contributed by atoms with E-state index in [4.69, 9.17) is 4.43 Å². The molecule has 0 unspecified atom stereocenters. The Morgan fingerprint density at radius 2 is 1.77 bits per heavy atom. The molecule has 0 aromatic rings. The van der Waals surface area contributed by atoms with Crippen molar-refractivity contribution < 1.29 is 9.53 Å². The van der Waals surface area contributed by atoms with Gasteiger partial charge in [-0.25, -0.2) is 0 Å². The average molecular weight is 204 g/mol. The first-order valence-electron chi connectivity index (χ1n) is 5.06. The smallest absolute Gasteiger partial charge is 0.195 e. The second-order valence-electron chi connectivity index (χ2n) is 5.12. The van der Waals surface area contributed by atoms with E-state index < -0.39 is 14.6 Å². The SMILES string of the molecule is CCC[C@H](O)O[Si](C)(C)C(C)(C)C. The molecule has 13 heavy (non-hydrogen) atoms. The molecule has 0 saturated carbocycles. The van der Waals surface area contributed by atoms with Crippen LogP contribution in [0.1, 0.15) is 40.5 Å². The van der Waals surface area contributed by atoms with Crippen LogP contribution in [0.15, 0.2) is 0 Å². The largest absolute Gasteiger partial charge is 0.392 e. The van der Waals surface area contributed by atoms with Crippen LogP contribution in [0.2, 0.25) is 18.1 Å². The van der Waals surface area contributed by atoms with Gasteiger partial charge in [0, 0.05) is 0 Å². The van der Waals surface area contributed by atoms with Gasteiger partial charge in [0.15, 0.2) is 8.32 Å². The lowest BCUT2D eigenvalue weighted by molar-refractivity contribution is -0.0340. The summed E-state index contributed by atoms with van der Waals surface area (Å²) >= 11 is 0. The van der Waals surface area contributed by atoms with Crippen molar-refractivity contribution in [3.8, 4) is 0 Å². The highest BCUT2D eigenvalue weighted by Crippen LogP contribution is 2.37. The van der Waals surface area contributed by atoms with Crippen LogP contribution in [0.5, 0.6) is 0 Å². The summed E-state index contributed by atoms with van der Waals surface area (Å²) < 4.78 is 5.74. The van der Waals surface area contributed by atoms with Gasteiger partial charge in [-0.15, -0.1) is 0 Å². The lowest BCUT2D eigenvalue weighted by atomic mass is 10.2. The van der Waals surface area contributed by atoms with Crippen molar-refractivity contribution in [1.82, 2.24) is 0 Å². The fraction of sp³-hybridized carbons (Fsp3) is 1.00. The lowest BCUT2D eigenvalue weighted by Gasteiger charge is -2.37. The molecule has 0 saturated heterocycles. The molecule has 1 N–H and O–H groups in total. The number of hydrogen-bond acceptors (Lipinski definition) is 2. The first-order chi connectivity index (χ1) is 5.70. The molecule has 3 heteroatoms. The Kier molecular flexibility index (Phi) is 4.62. The van der Waals surface area contributed by atoms with Crippen molar-refractivity contribution in [1.29, 1.82) is 0 Å². The molecule has 0 radical (unpaired) electrons. The molecule has 0 aromatic carbocycles. The number of aliphatic hydroxyl groups excluding tert-OH is 1. The third-order valence-electron chi connectivity index (χ3n) is 2.77. The Labute approximate surface area is 83.4 Å². The zero-order valence-electron chi connectivity index (χ0n) is 9.85. The monoisotopic (exact) mass is 204 g/mol. The second-order valence-corrected chi connectivity index (χ2v) is 9.88. The first kappa shape index (κ1) is 13.1. The van der Waals surface area contributed by atoms with Gasteiger partial charge in [-0.1, -0.05) is 34.1 Å². The van der Waals surface area contributed by atoms with E-state index in [0.29, 0.717) is 0 Å². The summed E-state index contributed by atoms with van der Waals surface area (Å²) in [7, 11) is -1.76. The third-order valence-corrected chi connectivity index (χ3v) is 7.25. The number of hydrogen-bond donors (Lipinski definition) is 1. The van der Waals surface area contributed by atoms with E-state index in [2.05, 4.69) is 40.8 Å². The summed E-state index contributed by atoms with van der Waals surface area (Å²) in [6, 6.07) is 0. The van der Waals surface area contributed by atoms with Crippen molar-refractivity contribution in [2.75, 3.05) is 0 Å². The summed E-state index contributed by atoms with van der Waals surface area (Å²) in [4.78, 5) is 0. The van der Waals surface area contributed by atoms with Crippen LogP contribution < -0.4 is 0 Å². The molecular weight excluding hydrogens is 180 g/mol. The van der Waals surface area contributed by atoms with E-state index in [1.54, 1.807) is 0 Å². The van der Waals surface area contributed by atoms with E-state index in [9.17, 15) is 5.11 Å². The minimum Gasteiger partial charge on any atom is -0.392 e. The van der Waals surface area contributed by atoms with E-state index in [1.165, 1.54) is 0 Å². The fourth-order valence-corrected chi connectivity index (χ4v) is 1.97. The van der Waals surface area contributed by atoms with Crippen LogP contribution in [0.3, 0.4) is 0 Å². The molecule has 0 aromatic heterocycles. The summed E-state index contributed by atoms with van der Waals surface area (Å²) in [6.45, 7) is 12.9. The molecule has 0 heterocycles. The normalized spacial score (nSPS) is 15.9. The Morgan fingerprint density at radius 1 is 1.31 bits per heavy atom. The highest BCUT2D eigenvalue weighted by Gasteiger charge is 2.38. The van der Waals surface area contributed by atoms with Gasteiger partial charge in [-0.3, -0.25) is 0 Å². The molecule has 0 aliphatic carbocycles. The molecule has 0 aliphatic heterocycles. The van der Waals surface area contributed by atoms with E-state index >= 15 is 0 Å². The van der Waals surface area contributed by atoms with Crippen LogP contribution in [0.4, 0.5) is 0 Å². The maximum absolute atomic E-state index is 9.56. The summed E-state index contributed by atoms with van der Waals surface area (Å²) in [5.41, 5.74) is 0. The Morgan fingerprint density at radius 3 is 2.08 bits per heavy atom. The maximum Gasteiger partial charge on any atom is 0.195 e. The highest BCUT2D eigenvalue weighted by molar-refractivity contribution is 6.74. The Bertz CT molecular complexity index is 149. The molecule has 1 atom stereocenters.